The normalized spacial score (nSPS) is 17.4. The molecule has 2 aliphatic rings. The molecule has 4 aromatic rings. The second-order valence-electron chi connectivity index (χ2n) is 18.9. The molecule has 2 amide bonds. The van der Waals surface area contributed by atoms with Crippen LogP contribution < -0.4 is 10.5 Å². The first kappa shape index (κ1) is 42.4. The molecular weight excluding hydrogens is 897 g/mol. The van der Waals surface area contributed by atoms with Gasteiger partial charge in [0, 0.05) is 0 Å². The molecule has 4 nitrogen and oxygen atoms in total. The van der Waals surface area contributed by atoms with Crippen LogP contribution in [0, 0.1) is 22.7 Å². The van der Waals surface area contributed by atoms with Gasteiger partial charge < -0.3 is 0 Å². The van der Waals surface area contributed by atoms with Crippen LogP contribution in [0.3, 0.4) is 0 Å². The Morgan fingerprint density at radius 1 is 0.589 bits per heavy atom. The third-order valence-electron chi connectivity index (χ3n) is 11.9. The monoisotopic (exact) mass is 955 g/mol. The van der Waals surface area contributed by atoms with Crippen molar-refractivity contribution in [2.24, 2.45) is 22.7 Å². The van der Waals surface area contributed by atoms with Crippen LogP contribution in [0.25, 0.3) is 34.4 Å². The molecule has 0 radical (unpaired) electrons. The van der Waals surface area contributed by atoms with E-state index in [9.17, 15) is 9.59 Å². The molecule has 2 atom stereocenters. The molecule has 2 unspecified atom stereocenters. The van der Waals surface area contributed by atoms with Gasteiger partial charge in [-0.2, -0.15) is 0 Å². The predicted molar refractivity (Wildman–Crippen MR) is 237 cm³/mol. The van der Waals surface area contributed by atoms with Gasteiger partial charge in [0.05, 0.1) is 0 Å². The number of allylic oxidation sites excluding steroid dienone is 2. The van der Waals surface area contributed by atoms with Crippen LogP contribution in [0.15, 0.2) is 96.1 Å². The van der Waals surface area contributed by atoms with E-state index in [4.69, 9.17) is 17.2 Å². The summed E-state index contributed by atoms with van der Waals surface area (Å²) in [5, 5.41) is 6.07. The van der Waals surface area contributed by atoms with Gasteiger partial charge >= 0.3 is 346 Å². The molecule has 8 heteroatoms. The van der Waals surface area contributed by atoms with Crippen molar-refractivity contribution in [3.8, 4) is 22.3 Å². The first-order valence-electron chi connectivity index (χ1n) is 20.2. The summed E-state index contributed by atoms with van der Waals surface area (Å²) >= 11 is -6.22. The van der Waals surface area contributed by atoms with Gasteiger partial charge in [-0.3, -0.25) is 0 Å². The minimum atomic E-state index is -6.22. The topological polar surface area (TPSA) is 58.2 Å². The Balaban J connectivity index is 1.71. The molecule has 0 bridgehead atoms. The zero-order chi connectivity index (χ0) is 40.8. The van der Waals surface area contributed by atoms with Gasteiger partial charge in [0.2, 0.25) is 0 Å². The molecule has 56 heavy (non-hydrogen) atoms. The Hall–Kier alpha value is -3.18. The van der Waals surface area contributed by atoms with Crippen LogP contribution in [-0.4, -0.2) is 17.4 Å². The first-order valence-corrected chi connectivity index (χ1v) is 35.3. The van der Waals surface area contributed by atoms with E-state index in [1.807, 2.05) is 0 Å². The standard InChI is InChI=1S/2C23H27.C2H3BN2O2.2ClH.Hf/c2*1-16(2)13-17-9-6-7-11-20(17)21-12-8-10-18-14-19(15-22(18)21)23(3,4)5;6-1-4-3-5-2-7;;;/h2*6-12,14-16H,13H2,1-5H3;1-2H,(H-,4,5,6,7);2*1H;/q;;;;;+1/p-1. The Bertz CT molecular complexity index is 2060. The van der Waals surface area contributed by atoms with Crippen LogP contribution >= 0.6 is 17.2 Å². The zero-order valence-electron chi connectivity index (χ0n) is 34.8. The van der Waals surface area contributed by atoms with Gasteiger partial charge in [-0.25, -0.2) is 0 Å². The molecule has 0 aromatic heterocycles. The molecule has 0 saturated carbocycles. The Morgan fingerprint density at radius 2 is 0.946 bits per heavy atom. The van der Waals surface area contributed by atoms with Crippen molar-refractivity contribution in [2.45, 2.75) is 89.4 Å². The number of carbonyl (C=O) groups is 2. The van der Waals surface area contributed by atoms with E-state index in [0.29, 0.717) is 24.7 Å². The quantitative estimate of drug-likeness (QED) is 0.104. The predicted octanol–water partition coefficient (Wildman–Crippen LogP) is 12.6. The van der Waals surface area contributed by atoms with Crippen molar-refractivity contribution in [2.75, 3.05) is 0 Å². The average Bonchev–Trinajstić information content (AvgIpc) is 3.74. The Morgan fingerprint density at radius 3 is 1.29 bits per heavy atom. The van der Waals surface area contributed by atoms with Gasteiger partial charge in [-0.15, -0.1) is 0 Å². The van der Waals surface area contributed by atoms with Crippen LogP contribution in [0.1, 0.15) is 110 Å². The number of benzene rings is 4. The Kier molecular flexibility index (Phi) is 12.0. The molecular formula is C48H58BCl2HfN2O2. The SMILES string of the molecule is CC(C)Cc1ccccc1-c1cccc2c1C=C(C(C)(C)C)[CH]2[Hf]([Cl])([Cl])([B](NC=O)NC=O)[CH]1C(C(C)(C)C)=Cc2c(-c3ccccc3CC(C)C)cccc21. The fraction of sp³-hybridized carbons (Fsp3) is 0.375. The molecule has 0 fully saturated rings. The number of halogens is 2. The van der Waals surface area contributed by atoms with Gasteiger partial charge in [0.1, 0.15) is 0 Å². The fourth-order valence-electron chi connectivity index (χ4n) is 9.57. The molecule has 6 rings (SSSR count). The molecule has 0 aliphatic heterocycles. The summed E-state index contributed by atoms with van der Waals surface area (Å²) in [6.07, 6.45) is 7.85. The number of rotatable bonds is 13. The summed E-state index contributed by atoms with van der Waals surface area (Å²) in [5.74, 6) is 0.966. The maximum absolute atomic E-state index is 12.7. The number of carbonyl (C=O) groups excluding carboxylic acids is 2. The van der Waals surface area contributed by atoms with E-state index < -0.39 is 27.8 Å². The van der Waals surface area contributed by atoms with Crippen molar-refractivity contribution < 1.29 is 25.5 Å². The van der Waals surface area contributed by atoms with Gasteiger partial charge in [-0.1, -0.05) is 0 Å². The summed E-state index contributed by atoms with van der Waals surface area (Å²) in [4.78, 5) is 25.4. The number of fused-ring (bicyclic) bond motifs is 2. The van der Waals surface area contributed by atoms with Crippen LogP contribution in [0.4, 0.5) is 0 Å². The van der Waals surface area contributed by atoms with E-state index in [0.717, 1.165) is 57.4 Å². The van der Waals surface area contributed by atoms with Crippen molar-refractivity contribution in [3.63, 3.8) is 0 Å². The van der Waals surface area contributed by atoms with Crippen molar-refractivity contribution in [1.29, 1.82) is 0 Å². The van der Waals surface area contributed by atoms with Crippen molar-refractivity contribution >= 4 is 46.7 Å². The van der Waals surface area contributed by atoms with Crippen LogP contribution in [0.2, 0.25) is 0 Å². The molecule has 293 valence electrons. The molecule has 4 aromatic carbocycles. The summed E-state index contributed by atoms with van der Waals surface area (Å²) in [7, 11) is 17.7. The summed E-state index contributed by atoms with van der Waals surface area (Å²) in [6.45, 7) is 22.3. The maximum atomic E-state index is 12.7. The number of amides is 2. The zero-order valence-corrected chi connectivity index (χ0v) is 39.9. The van der Waals surface area contributed by atoms with E-state index >= 15 is 0 Å². The molecule has 0 heterocycles. The van der Waals surface area contributed by atoms with Gasteiger partial charge in [0.15, 0.2) is 0 Å². The van der Waals surface area contributed by atoms with Crippen molar-refractivity contribution in [3.05, 3.63) is 129 Å². The van der Waals surface area contributed by atoms with E-state index in [1.165, 1.54) is 22.3 Å². The number of hydrogen-bond acceptors (Lipinski definition) is 2. The van der Waals surface area contributed by atoms with E-state index in [2.05, 4.69) is 177 Å². The average molecular weight is 955 g/mol. The molecule has 2 N–H and O–H groups in total. The summed E-state index contributed by atoms with van der Waals surface area (Å²) < 4.78 is -1.89. The van der Waals surface area contributed by atoms with Crippen LogP contribution in [-0.2, 0) is 38.3 Å². The summed E-state index contributed by atoms with van der Waals surface area (Å²) in [5.41, 5.74) is 13.1. The third kappa shape index (κ3) is 7.60. The minimum absolute atomic E-state index is 0.364. The van der Waals surface area contributed by atoms with E-state index in [1.54, 1.807) is 0 Å². The number of nitrogens with one attached hydrogen (secondary N) is 2. The first-order chi connectivity index (χ1) is 26.3. The van der Waals surface area contributed by atoms with Crippen molar-refractivity contribution in [1.82, 2.24) is 10.5 Å². The summed E-state index contributed by atoms with van der Waals surface area (Å²) in [6, 6.07) is 30.4. The van der Waals surface area contributed by atoms with Gasteiger partial charge in [-0.05, 0) is 0 Å². The second kappa shape index (κ2) is 15.9. The molecule has 0 saturated heterocycles. The molecule has 2 aliphatic carbocycles. The number of hydrogen-bond donors (Lipinski definition) is 2. The molecule has 0 spiro atoms. The van der Waals surface area contributed by atoms with E-state index in [-0.39, 0.29) is 10.8 Å². The Labute approximate surface area is 344 Å². The second-order valence-corrected chi connectivity index (χ2v) is 49.3. The fourth-order valence-corrected chi connectivity index (χ4v) is 39.8. The van der Waals surface area contributed by atoms with Gasteiger partial charge in [0.25, 0.3) is 0 Å². The van der Waals surface area contributed by atoms with Crippen LogP contribution in [0.5, 0.6) is 0 Å². The third-order valence-corrected chi connectivity index (χ3v) is 40.1.